The summed E-state index contributed by atoms with van der Waals surface area (Å²) in [7, 11) is 0. The predicted molar refractivity (Wildman–Crippen MR) is 108 cm³/mol. The molecule has 1 atom stereocenters. The van der Waals surface area contributed by atoms with Crippen LogP contribution in [-0.4, -0.2) is 3.21 Å². The first-order valence-electron chi connectivity index (χ1n) is 10.0. The zero-order valence-electron chi connectivity index (χ0n) is 16.3. The summed E-state index contributed by atoms with van der Waals surface area (Å²) in [5, 5.41) is 0. The Hall–Kier alpha value is -0.747. The zero-order valence-corrected chi connectivity index (χ0v) is 20.2. The molecule has 0 aromatic heterocycles. The molecule has 1 unspecified atom stereocenters. The number of halogens is 2. The minimum Gasteiger partial charge on any atom is -1.00 e. The van der Waals surface area contributed by atoms with E-state index in [2.05, 4.69) is 61.5 Å². The molecule has 2 aromatic rings. The van der Waals surface area contributed by atoms with Gasteiger partial charge in [-0.25, -0.2) is 0 Å². The Kier molecular flexibility index (Phi) is 7.35. The number of hydrogen-bond donors (Lipinski definition) is 0. The molecular weight excluding hydrogens is 462 g/mol. The van der Waals surface area contributed by atoms with Gasteiger partial charge in [-0.05, 0) is 0 Å². The second kappa shape index (κ2) is 9.38. The number of hydrogen-bond acceptors (Lipinski definition) is 0. The number of rotatable bonds is 2. The van der Waals surface area contributed by atoms with E-state index >= 15 is 0 Å². The third kappa shape index (κ3) is 3.96. The molecule has 0 bridgehead atoms. The van der Waals surface area contributed by atoms with Gasteiger partial charge in [-0.15, -0.1) is 0 Å². The van der Waals surface area contributed by atoms with E-state index in [0.717, 1.165) is 10.0 Å². The molecule has 3 heteroatoms. The minimum absolute atomic E-state index is 0. The Bertz CT molecular complexity index is 961. The molecule has 2 aromatic carbocycles. The van der Waals surface area contributed by atoms with Gasteiger partial charge < -0.3 is 24.8 Å². The van der Waals surface area contributed by atoms with Crippen LogP contribution in [-0.2, 0) is 22.8 Å². The summed E-state index contributed by atoms with van der Waals surface area (Å²) in [5.41, 5.74) is 10.8. The van der Waals surface area contributed by atoms with Crippen molar-refractivity contribution in [2.45, 2.75) is 49.1 Å². The fraction of sp³-hybridized carbons (Fsp3) is 0.320. The number of fused-ring (bicyclic) bond motifs is 3. The van der Waals surface area contributed by atoms with Crippen LogP contribution in [0, 0.1) is 6.92 Å². The quantitative estimate of drug-likeness (QED) is 0.583. The number of benzene rings is 2. The Morgan fingerprint density at radius 1 is 0.893 bits per heavy atom. The van der Waals surface area contributed by atoms with Gasteiger partial charge in [0, 0.05) is 0 Å². The Morgan fingerprint density at radius 2 is 1.64 bits per heavy atom. The van der Waals surface area contributed by atoms with Crippen LogP contribution in [0.15, 0.2) is 54.6 Å². The van der Waals surface area contributed by atoms with Crippen LogP contribution in [0.4, 0.5) is 0 Å². The summed E-state index contributed by atoms with van der Waals surface area (Å²) < 4.78 is 2.69. The van der Waals surface area contributed by atoms with Gasteiger partial charge in [0.25, 0.3) is 0 Å². The normalized spacial score (nSPS) is 19.1. The summed E-state index contributed by atoms with van der Waals surface area (Å²) in [5.74, 6) is 0. The average Bonchev–Trinajstić information content (AvgIpc) is 3.30. The average molecular weight is 488 g/mol. The van der Waals surface area contributed by atoms with Crippen molar-refractivity contribution < 1.29 is 47.6 Å². The molecule has 3 aliphatic rings. The summed E-state index contributed by atoms with van der Waals surface area (Å²) in [6, 6.07) is 14.2. The first-order chi connectivity index (χ1) is 12.8. The molecule has 28 heavy (non-hydrogen) atoms. The van der Waals surface area contributed by atoms with Gasteiger partial charge in [0.2, 0.25) is 0 Å². The summed E-state index contributed by atoms with van der Waals surface area (Å²) in [6.07, 6.45) is 15.1. The van der Waals surface area contributed by atoms with Crippen LogP contribution in [0.1, 0.15) is 64.4 Å². The van der Waals surface area contributed by atoms with Crippen LogP contribution in [0.5, 0.6) is 0 Å². The van der Waals surface area contributed by atoms with E-state index in [0.29, 0.717) is 0 Å². The maximum absolute atomic E-state index is 2.46. The monoisotopic (exact) mass is 485 g/mol. The molecule has 3 aliphatic carbocycles. The van der Waals surface area contributed by atoms with Crippen molar-refractivity contribution in [1.82, 2.24) is 0 Å². The number of aryl methyl sites for hydroxylation is 1. The van der Waals surface area contributed by atoms with E-state index < -0.39 is 22.8 Å². The standard InChI is InChI=1S/C19H15.C6H10.2ClH.Zr/c1-13-10-17(14-6-2-3-7-14)19-12-15-8-4-5-9-16(15)18(19)11-13;1-2-4-6-5-3-1;;;/h2-6,8-12H,7H2,1H3;1-5H2;2*1H;/q;;;;+2/p-2. The van der Waals surface area contributed by atoms with Crippen molar-refractivity contribution in [3.05, 3.63) is 76.9 Å². The molecule has 5 rings (SSSR count). The molecule has 0 N–H and O–H groups in total. The van der Waals surface area contributed by atoms with Crippen molar-refractivity contribution >= 4 is 8.78 Å². The molecule has 0 aliphatic heterocycles. The van der Waals surface area contributed by atoms with E-state index in [4.69, 9.17) is 0 Å². The van der Waals surface area contributed by atoms with Crippen LogP contribution < -0.4 is 24.8 Å². The first kappa shape index (κ1) is 21.9. The maximum Gasteiger partial charge on any atom is -1.00 e. The van der Waals surface area contributed by atoms with Gasteiger partial charge in [-0.1, -0.05) is 0 Å². The second-order valence-corrected chi connectivity index (χ2v) is 11.8. The van der Waals surface area contributed by atoms with E-state index in [1.54, 1.807) is 16.7 Å². The van der Waals surface area contributed by atoms with Gasteiger partial charge in [-0.2, -0.15) is 0 Å². The molecule has 0 heterocycles. The molecule has 143 valence electrons. The van der Waals surface area contributed by atoms with E-state index in [9.17, 15) is 0 Å². The second-order valence-electron chi connectivity index (χ2n) is 7.93. The van der Waals surface area contributed by atoms with Gasteiger partial charge in [-0.3, -0.25) is 0 Å². The minimum atomic E-state index is -0.607. The molecule has 0 amide bonds. The Labute approximate surface area is 192 Å². The third-order valence-corrected chi connectivity index (χ3v) is 10.5. The summed E-state index contributed by atoms with van der Waals surface area (Å²) in [6.45, 7) is 2.26. The van der Waals surface area contributed by atoms with Crippen LogP contribution in [0.2, 0.25) is 0 Å². The van der Waals surface area contributed by atoms with Gasteiger partial charge in [0.05, 0.1) is 0 Å². The molecule has 0 radical (unpaired) electrons. The fourth-order valence-corrected chi connectivity index (χ4v) is 9.57. The largest absolute Gasteiger partial charge is 1.00 e. The van der Waals surface area contributed by atoms with Crippen molar-refractivity contribution in [3.63, 3.8) is 0 Å². The first-order valence-corrected chi connectivity index (χ1v) is 12.7. The van der Waals surface area contributed by atoms with E-state index in [-0.39, 0.29) is 24.8 Å². The fourth-order valence-electron chi connectivity index (χ4n) is 4.87. The van der Waals surface area contributed by atoms with E-state index in [1.165, 1.54) is 54.4 Å². The third-order valence-electron chi connectivity index (χ3n) is 6.10. The van der Waals surface area contributed by atoms with Crippen LogP contribution in [0.25, 0.3) is 16.7 Å². The zero-order chi connectivity index (χ0) is 17.5. The van der Waals surface area contributed by atoms with E-state index in [1.807, 2.05) is 3.21 Å². The smallest absolute Gasteiger partial charge is 1.00 e. The van der Waals surface area contributed by atoms with Crippen LogP contribution >= 0.6 is 0 Å². The predicted octanol–water partition coefficient (Wildman–Crippen LogP) is 0.635. The van der Waals surface area contributed by atoms with Gasteiger partial charge in [0.15, 0.2) is 0 Å². The Balaban J connectivity index is 0.00000112. The Morgan fingerprint density at radius 3 is 2.39 bits per heavy atom. The summed E-state index contributed by atoms with van der Waals surface area (Å²) >= 11 is -0.607. The molecule has 0 spiro atoms. The van der Waals surface area contributed by atoms with Crippen molar-refractivity contribution in [2.24, 2.45) is 0 Å². The van der Waals surface area contributed by atoms with Crippen molar-refractivity contribution in [3.8, 4) is 11.1 Å². The SMILES string of the molecule is Cc1cc(C2=CC=CC2)c2c(c1)-c1ccccc1[CH]2[Zr+2]=[C]1CCCCC1.[Cl-].[Cl-]. The number of allylic oxidation sites excluding steroid dienone is 4. The van der Waals surface area contributed by atoms with Gasteiger partial charge in [0.1, 0.15) is 0 Å². The van der Waals surface area contributed by atoms with Crippen molar-refractivity contribution in [2.75, 3.05) is 0 Å². The maximum atomic E-state index is 2.46. The molecular formula is C25H25Cl2Zr. The topological polar surface area (TPSA) is 0 Å². The van der Waals surface area contributed by atoms with Crippen LogP contribution in [0.3, 0.4) is 0 Å². The van der Waals surface area contributed by atoms with Crippen molar-refractivity contribution in [1.29, 1.82) is 0 Å². The molecule has 1 fully saturated rings. The molecule has 1 saturated carbocycles. The molecule has 0 saturated heterocycles. The summed E-state index contributed by atoms with van der Waals surface area (Å²) in [4.78, 5) is 0. The van der Waals surface area contributed by atoms with Gasteiger partial charge >= 0.3 is 169 Å². The molecule has 0 nitrogen and oxygen atoms in total.